The van der Waals surface area contributed by atoms with Crippen LogP contribution in [0.5, 0.6) is 5.75 Å². The summed E-state index contributed by atoms with van der Waals surface area (Å²) >= 11 is 8.83. The van der Waals surface area contributed by atoms with Gasteiger partial charge in [0.15, 0.2) is 11.7 Å². The molecule has 0 aliphatic heterocycles. The largest absolute Gasteiger partial charge is 0.483 e. The molecule has 0 bridgehead atoms. The fraction of sp³-hybridized carbons (Fsp3) is 0.182. The molecule has 0 saturated heterocycles. The maximum absolute atomic E-state index is 12.2. The minimum Gasteiger partial charge on any atom is -0.483 e. The zero-order chi connectivity index (χ0) is 20.3. The molecular weight excluding hydrogens is 436 g/mol. The Morgan fingerprint density at radius 2 is 1.75 bits per heavy atom. The molecule has 0 fully saturated rings. The standard InChI is InChI=1S/C22H21BrN2O2S/c1-13-10-14(2)21(15(3)11-13)25-22(28)24-19(26)12-27-18-9-8-16-6-4-5-7-17(16)20(18)23/h4-11H,12H2,1-3H3,(H2,24,25,26,28). The van der Waals surface area contributed by atoms with E-state index < -0.39 is 0 Å². The van der Waals surface area contributed by atoms with Crippen molar-refractivity contribution in [3.63, 3.8) is 0 Å². The van der Waals surface area contributed by atoms with Crippen LogP contribution in [0.1, 0.15) is 16.7 Å². The van der Waals surface area contributed by atoms with E-state index in [2.05, 4.69) is 38.7 Å². The first-order valence-corrected chi connectivity index (χ1v) is 10.0. The smallest absolute Gasteiger partial charge is 0.264 e. The molecule has 0 saturated carbocycles. The Bertz CT molecular complexity index is 1040. The van der Waals surface area contributed by atoms with E-state index in [4.69, 9.17) is 17.0 Å². The number of hydrogen-bond donors (Lipinski definition) is 2. The number of amides is 1. The normalized spacial score (nSPS) is 10.6. The first-order chi connectivity index (χ1) is 13.3. The summed E-state index contributed by atoms with van der Waals surface area (Å²) in [7, 11) is 0. The van der Waals surface area contributed by atoms with Gasteiger partial charge in [-0.3, -0.25) is 10.1 Å². The van der Waals surface area contributed by atoms with Gasteiger partial charge in [-0.05, 0) is 76.9 Å². The summed E-state index contributed by atoms with van der Waals surface area (Å²) in [6.07, 6.45) is 0. The molecule has 4 nitrogen and oxygen atoms in total. The van der Waals surface area contributed by atoms with E-state index in [1.165, 1.54) is 5.56 Å². The van der Waals surface area contributed by atoms with Crippen LogP contribution in [0.2, 0.25) is 0 Å². The van der Waals surface area contributed by atoms with Crippen molar-refractivity contribution in [3.8, 4) is 5.75 Å². The van der Waals surface area contributed by atoms with Gasteiger partial charge in [0.05, 0.1) is 4.47 Å². The molecule has 0 aliphatic carbocycles. The van der Waals surface area contributed by atoms with Crippen molar-refractivity contribution in [1.29, 1.82) is 0 Å². The average Bonchev–Trinajstić information content (AvgIpc) is 2.64. The molecule has 0 spiro atoms. The summed E-state index contributed by atoms with van der Waals surface area (Å²) in [5, 5.41) is 8.15. The van der Waals surface area contributed by atoms with E-state index in [9.17, 15) is 4.79 Å². The molecule has 1 amide bonds. The van der Waals surface area contributed by atoms with Crippen molar-refractivity contribution in [2.24, 2.45) is 0 Å². The third-order valence-electron chi connectivity index (χ3n) is 4.36. The fourth-order valence-corrected chi connectivity index (χ4v) is 3.98. The monoisotopic (exact) mass is 456 g/mol. The molecule has 6 heteroatoms. The van der Waals surface area contributed by atoms with E-state index in [0.717, 1.165) is 32.1 Å². The number of carbonyl (C=O) groups excluding carboxylic acids is 1. The highest BCUT2D eigenvalue weighted by atomic mass is 79.9. The molecule has 2 N–H and O–H groups in total. The van der Waals surface area contributed by atoms with Crippen molar-refractivity contribution < 1.29 is 9.53 Å². The Morgan fingerprint density at radius 1 is 1.07 bits per heavy atom. The Kier molecular flexibility index (Phi) is 6.31. The Labute approximate surface area is 178 Å². The van der Waals surface area contributed by atoms with Crippen molar-refractivity contribution in [2.45, 2.75) is 20.8 Å². The van der Waals surface area contributed by atoms with E-state index in [0.29, 0.717) is 5.75 Å². The number of halogens is 1. The predicted molar refractivity (Wildman–Crippen MR) is 122 cm³/mol. The minimum atomic E-state index is -0.319. The lowest BCUT2D eigenvalue weighted by molar-refractivity contribution is -0.121. The highest BCUT2D eigenvalue weighted by Gasteiger charge is 2.11. The van der Waals surface area contributed by atoms with Crippen molar-refractivity contribution >= 4 is 55.6 Å². The van der Waals surface area contributed by atoms with Crippen LogP contribution >= 0.6 is 28.1 Å². The Morgan fingerprint density at radius 3 is 2.46 bits per heavy atom. The van der Waals surface area contributed by atoms with Crippen LogP contribution in [-0.2, 0) is 4.79 Å². The third kappa shape index (κ3) is 4.69. The van der Waals surface area contributed by atoms with E-state index in [1.807, 2.05) is 57.2 Å². The van der Waals surface area contributed by atoms with Crippen LogP contribution in [-0.4, -0.2) is 17.6 Å². The van der Waals surface area contributed by atoms with Gasteiger partial charge in [-0.25, -0.2) is 0 Å². The first kappa shape index (κ1) is 20.3. The average molecular weight is 457 g/mol. The van der Waals surface area contributed by atoms with Gasteiger partial charge >= 0.3 is 0 Å². The molecule has 3 rings (SSSR count). The lowest BCUT2D eigenvalue weighted by Gasteiger charge is -2.15. The molecule has 0 aliphatic rings. The first-order valence-electron chi connectivity index (χ1n) is 8.84. The van der Waals surface area contributed by atoms with Crippen LogP contribution in [0, 0.1) is 20.8 Å². The van der Waals surface area contributed by atoms with Crippen LogP contribution in [0.15, 0.2) is 53.0 Å². The summed E-state index contributed by atoms with van der Waals surface area (Å²) < 4.78 is 6.50. The van der Waals surface area contributed by atoms with Gasteiger partial charge in [0.1, 0.15) is 5.75 Å². The molecular formula is C22H21BrN2O2S. The van der Waals surface area contributed by atoms with Gasteiger partial charge in [0.2, 0.25) is 0 Å². The number of rotatable bonds is 4. The molecule has 144 valence electrons. The van der Waals surface area contributed by atoms with Crippen LogP contribution < -0.4 is 15.4 Å². The minimum absolute atomic E-state index is 0.134. The highest BCUT2D eigenvalue weighted by Crippen LogP contribution is 2.33. The quantitative estimate of drug-likeness (QED) is 0.514. The van der Waals surface area contributed by atoms with Gasteiger partial charge < -0.3 is 10.1 Å². The zero-order valence-electron chi connectivity index (χ0n) is 15.9. The number of anilines is 1. The SMILES string of the molecule is Cc1cc(C)c(NC(=S)NC(=O)COc2ccc3ccccc3c2Br)c(C)c1. The number of ether oxygens (including phenoxy) is 1. The molecule has 3 aromatic carbocycles. The van der Waals surface area contributed by atoms with Crippen molar-refractivity contribution in [1.82, 2.24) is 5.32 Å². The van der Waals surface area contributed by atoms with Crippen LogP contribution in [0.3, 0.4) is 0 Å². The maximum atomic E-state index is 12.2. The number of thiocarbonyl (C=S) groups is 1. The maximum Gasteiger partial charge on any atom is 0.264 e. The lowest BCUT2D eigenvalue weighted by Crippen LogP contribution is -2.37. The lowest BCUT2D eigenvalue weighted by atomic mass is 10.1. The van der Waals surface area contributed by atoms with Crippen LogP contribution in [0.4, 0.5) is 5.69 Å². The molecule has 0 aromatic heterocycles. The molecule has 0 heterocycles. The second kappa shape index (κ2) is 8.71. The van der Waals surface area contributed by atoms with Crippen molar-refractivity contribution in [3.05, 3.63) is 69.7 Å². The molecule has 28 heavy (non-hydrogen) atoms. The predicted octanol–water partition coefficient (Wildman–Crippen LogP) is 5.42. The van der Waals surface area contributed by atoms with Gasteiger partial charge in [-0.15, -0.1) is 0 Å². The van der Waals surface area contributed by atoms with E-state index in [-0.39, 0.29) is 17.6 Å². The molecule has 3 aromatic rings. The second-order valence-electron chi connectivity index (χ2n) is 6.66. The fourth-order valence-electron chi connectivity index (χ4n) is 3.15. The van der Waals surface area contributed by atoms with E-state index in [1.54, 1.807) is 0 Å². The topological polar surface area (TPSA) is 50.4 Å². The molecule has 0 atom stereocenters. The summed E-state index contributed by atoms with van der Waals surface area (Å²) in [6, 6.07) is 15.9. The summed E-state index contributed by atoms with van der Waals surface area (Å²) in [5.41, 5.74) is 4.25. The Hall–Kier alpha value is -2.44. The second-order valence-corrected chi connectivity index (χ2v) is 7.86. The number of hydrogen-bond acceptors (Lipinski definition) is 3. The van der Waals surface area contributed by atoms with Crippen molar-refractivity contribution in [2.75, 3.05) is 11.9 Å². The summed E-state index contributed by atoms with van der Waals surface area (Å²) in [4.78, 5) is 12.2. The number of nitrogens with one attached hydrogen (secondary N) is 2. The van der Waals surface area contributed by atoms with Gasteiger partial charge in [-0.2, -0.15) is 0 Å². The summed E-state index contributed by atoms with van der Waals surface area (Å²) in [6.45, 7) is 5.93. The number of benzene rings is 3. The third-order valence-corrected chi connectivity index (χ3v) is 5.38. The van der Waals surface area contributed by atoms with Gasteiger partial charge in [0.25, 0.3) is 5.91 Å². The molecule has 0 radical (unpaired) electrons. The van der Waals surface area contributed by atoms with E-state index >= 15 is 0 Å². The number of aryl methyl sites for hydroxylation is 3. The van der Waals surface area contributed by atoms with Crippen LogP contribution in [0.25, 0.3) is 10.8 Å². The number of fused-ring (bicyclic) bond motifs is 1. The van der Waals surface area contributed by atoms with Gasteiger partial charge in [0, 0.05) is 5.69 Å². The van der Waals surface area contributed by atoms with Gasteiger partial charge in [-0.1, -0.05) is 48.0 Å². The summed E-state index contributed by atoms with van der Waals surface area (Å²) in [5.74, 6) is 0.290. The Balaban J connectivity index is 1.60. The number of carbonyl (C=O) groups is 1. The zero-order valence-corrected chi connectivity index (χ0v) is 18.3. The molecule has 0 unspecified atom stereocenters. The highest BCUT2D eigenvalue weighted by molar-refractivity contribution is 9.10.